The van der Waals surface area contributed by atoms with E-state index >= 15 is 0 Å². The molecule has 0 heterocycles. The molecule has 2 aromatic rings. The Morgan fingerprint density at radius 3 is 2.52 bits per heavy atom. The number of halogens is 1. The minimum atomic E-state index is -0.810. The van der Waals surface area contributed by atoms with Gasteiger partial charge in [0.2, 0.25) is 5.91 Å². The van der Waals surface area contributed by atoms with Crippen LogP contribution in [0, 0.1) is 12.7 Å². The fraction of sp³-hybridized carbons (Fsp3) is 0.316. The molecule has 1 saturated carbocycles. The maximum atomic E-state index is 14.3. The Bertz CT molecular complexity index is 736. The Labute approximate surface area is 135 Å². The molecule has 0 bridgehead atoms. The van der Waals surface area contributed by atoms with Crippen molar-refractivity contribution < 1.29 is 14.3 Å². The number of rotatable bonds is 3. The van der Waals surface area contributed by atoms with Gasteiger partial charge < -0.3 is 10.4 Å². The Kier molecular flexibility index (Phi) is 4.07. The van der Waals surface area contributed by atoms with E-state index in [1.807, 2.05) is 6.92 Å². The summed E-state index contributed by atoms with van der Waals surface area (Å²) in [6.07, 6.45) is 3.13. The number of aryl methyl sites for hydroxylation is 1. The molecular weight excluding hydrogens is 293 g/mol. The Morgan fingerprint density at radius 1 is 1.17 bits per heavy atom. The molecule has 0 spiro atoms. The van der Waals surface area contributed by atoms with Gasteiger partial charge in [0.05, 0.1) is 5.41 Å². The van der Waals surface area contributed by atoms with Gasteiger partial charge in [-0.1, -0.05) is 31.0 Å². The monoisotopic (exact) mass is 313 g/mol. The SMILES string of the molecule is Cc1cc(O)ccc1NC(=O)C1(c2ccccc2F)CCCC1. The highest BCUT2D eigenvalue weighted by Gasteiger charge is 2.44. The van der Waals surface area contributed by atoms with Crippen LogP contribution in [-0.2, 0) is 10.2 Å². The lowest BCUT2D eigenvalue weighted by Crippen LogP contribution is -2.38. The second-order valence-electron chi connectivity index (χ2n) is 6.22. The van der Waals surface area contributed by atoms with Crippen LogP contribution in [-0.4, -0.2) is 11.0 Å². The highest BCUT2D eigenvalue weighted by atomic mass is 19.1. The predicted molar refractivity (Wildman–Crippen MR) is 88.0 cm³/mol. The highest BCUT2D eigenvalue weighted by molar-refractivity contribution is 6.00. The first kappa shape index (κ1) is 15.5. The zero-order valence-electron chi connectivity index (χ0n) is 13.1. The molecule has 1 aliphatic rings. The molecule has 0 radical (unpaired) electrons. The Morgan fingerprint density at radius 2 is 1.87 bits per heavy atom. The molecule has 1 amide bonds. The van der Waals surface area contributed by atoms with Gasteiger partial charge in [0, 0.05) is 11.3 Å². The first-order chi connectivity index (χ1) is 11.0. The highest BCUT2D eigenvalue weighted by Crippen LogP contribution is 2.43. The quantitative estimate of drug-likeness (QED) is 0.831. The molecule has 0 atom stereocenters. The molecule has 1 aliphatic carbocycles. The molecule has 0 saturated heterocycles. The number of hydrogen-bond donors (Lipinski definition) is 2. The van der Waals surface area contributed by atoms with Crippen LogP contribution in [0.1, 0.15) is 36.8 Å². The predicted octanol–water partition coefficient (Wildman–Crippen LogP) is 4.29. The second-order valence-corrected chi connectivity index (χ2v) is 6.22. The van der Waals surface area contributed by atoms with Gasteiger partial charge in [-0.05, 0) is 49.6 Å². The van der Waals surface area contributed by atoms with Crippen LogP contribution >= 0.6 is 0 Å². The van der Waals surface area contributed by atoms with Gasteiger partial charge in [-0.25, -0.2) is 4.39 Å². The molecule has 0 aromatic heterocycles. The van der Waals surface area contributed by atoms with Crippen molar-refractivity contribution in [3.8, 4) is 5.75 Å². The van der Waals surface area contributed by atoms with Gasteiger partial charge in [-0.2, -0.15) is 0 Å². The fourth-order valence-electron chi connectivity index (χ4n) is 3.48. The molecule has 3 rings (SSSR count). The summed E-state index contributed by atoms with van der Waals surface area (Å²) in [4.78, 5) is 13.0. The first-order valence-electron chi connectivity index (χ1n) is 7.89. The Hall–Kier alpha value is -2.36. The van der Waals surface area contributed by atoms with E-state index < -0.39 is 5.41 Å². The van der Waals surface area contributed by atoms with Crippen molar-refractivity contribution >= 4 is 11.6 Å². The number of phenolic OH excluding ortho intramolecular Hbond substituents is 1. The smallest absolute Gasteiger partial charge is 0.235 e. The Balaban J connectivity index is 1.95. The third-order valence-electron chi connectivity index (χ3n) is 4.74. The molecule has 2 aromatic carbocycles. The average molecular weight is 313 g/mol. The normalized spacial score (nSPS) is 16.3. The van der Waals surface area contributed by atoms with Crippen molar-refractivity contribution in [1.29, 1.82) is 0 Å². The molecular formula is C19H20FNO2. The minimum Gasteiger partial charge on any atom is -0.508 e. The number of carbonyl (C=O) groups excluding carboxylic acids is 1. The van der Waals surface area contributed by atoms with Crippen LogP contribution in [0.15, 0.2) is 42.5 Å². The van der Waals surface area contributed by atoms with Crippen molar-refractivity contribution in [1.82, 2.24) is 0 Å². The van der Waals surface area contributed by atoms with Crippen LogP contribution in [0.3, 0.4) is 0 Å². The van der Waals surface area contributed by atoms with Crippen LogP contribution < -0.4 is 5.32 Å². The summed E-state index contributed by atoms with van der Waals surface area (Å²) >= 11 is 0. The standard InChI is InChI=1S/C19H20FNO2/c1-13-12-14(22)8-9-17(13)21-18(23)19(10-4-5-11-19)15-6-2-3-7-16(15)20/h2-3,6-9,12,22H,4-5,10-11H2,1H3,(H,21,23). The lowest BCUT2D eigenvalue weighted by atomic mass is 9.77. The minimum absolute atomic E-state index is 0.158. The van der Waals surface area contributed by atoms with Gasteiger partial charge in [-0.15, -0.1) is 0 Å². The third-order valence-corrected chi connectivity index (χ3v) is 4.74. The summed E-state index contributed by atoms with van der Waals surface area (Å²) in [6, 6.07) is 11.3. The number of hydrogen-bond acceptors (Lipinski definition) is 2. The van der Waals surface area contributed by atoms with Crippen molar-refractivity contribution in [3.63, 3.8) is 0 Å². The second kappa shape index (κ2) is 6.03. The van der Waals surface area contributed by atoms with Crippen molar-refractivity contribution in [2.24, 2.45) is 0 Å². The van der Waals surface area contributed by atoms with E-state index in [0.29, 0.717) is 24.1 Å². The van der Waals surface area contributed by atoms with Gasteiger partial charge in [0.25, 0.3) is 0 Å². The molecule has 0 unspecified atom stereocenters. The third kappa shape index (κ3) is 2.81. The number of carbonyl (C=O) groups is 1. The summed E-state index contributed by atoms with van der Waals surface area (Å²) in [5.41, 5.74) is 1.09. The van der Waals surface area contributed by atoms with E-state index in [0.717, 1.165) is 18.4 Å². The van der Waals surface area contributed by atoms with E-state index in [2.05, 4.69) is 5.32 Å². The molecule has 1 fully saturated rings. The van der Waals surface area contributed by atoms with Crippen LogP contribution in [0.4, 0.5) is 10.1 Å². The lowest BCUT2D eigenvalue weighted by molar-refractivity contribution is -0.121. The topological polar surface area (TPSA) is 49.3 Å². The first-order valence-corrected chi connectivity index (χ1v) is 7.89. The number of phenols is 1. The molecule has 120 valence electrons. The van der Waals surface area contributed by atoms with Crippen molar-refractivity contribution in [3.05, 3.63) is 59.4 Å². The van der Waals surface area contributed by atoms with Crippen LogP contribution in [0.2, 0.25) is 0 Å². The van der Waals surface area contributed by atoms with E-state index in [9.17, 15) is 14.3 Å². The molecule has 3 nitrogen and oxygen atoms in total. The summed E-state index contributed by atoms with van der Waals surface area (Å²) in [7, 11) is 0. The number of nitrogens with one attached hydrogen (secondary N) is 1. The molecule has 23 heavy (non-hydrogen) atoms. The average Bonchev–Trinajstić information content (AvgIpc) is 3.01. The maximum Gasteiger partial charge on any atom is 0.235 e. The number of aromatic hydroxyl groups is 1. The molecule has 0 aliphatic heterocycles. The largest absolute Gasteiger partial charge is 0.508 e. The van der Waals surface area contributed by atoms with E-state index in [1.54, 1.807) is 30.3 Å². The summed E-state index contributed by atoms with van der Waals surface area (Å²) in [5, 5.41) is 12.4. The van der Waals surface area contributed by atoms with Crippen LogP contribution in [0.5, 0.6) is 5.75 Å². The van der Waals surface area contributed by atoms with E-state index in [-0.39, 0.29) is 17.5 Å². The summed E-state index contributed by atoms with van der Waals surface area (Å²) in [5.74, 6) is -0.342. The summed E-state index contributed by atoms with van der Waals surface area (Å²) < 4.78 is 14.3. The summed E-state index contributed by atoms with van der Waals surface area (Å²) in [6.45, 7) is 1.82. The number of anilines is 1. The zero-order valence-corrected chi connectivity index (χ0v) is 13.1. The van der Waals surface area contributed by atoms with Crippen LogP contribution in [0.25, 0.3) is 0 Å². The van der Waals surface area contributed by atoms with Gasteiger partial charge in [-0.3, -0.25) is 4.79 Å². The van der Waals surface area contributed by atoms with Gasteiger partial charge >= 0.3 is 0 Å². The maximum absolute atomic E-state index is 14.3. The number of amides is 1. The number of benzene rings is 2. The molecule has 2 N–H and O–H groups in total. The van der Waals surface area contributed by atoms with Gasteiger partial charge in [0.15, 0.2) is 0 Å². The van der Waals surface area contributed by atoms with Crippen molar-refractivity contribution in [2.45, 2.75) is 38.0 Å². The van der Waals surface area contributed by atoms with Crippen molar-refractivity contribution in [2.75, 3.05) is 5.32 Å². The lowest BCUT2D eigenvalue weighted by Gasteiger charge is -2.29. The fourth-order valence-corrected chi connectivity index (χ4v) is 3.48. The molecule has 4 heteroatoms. The zero-order chi connectivity index (χ0) is 16.4. The van der Waals surface area contributed by atoms with E-state index in [4.69, 9.17) is 0 Å². The van der Waals surface area contributed by atoms with Gasteiger partial charge in [0.1, 0.15) is 11.6 Å². The van der Waals surface area contributed by atoms with E-state index in [1.165, 1.54) is 12.1 Å².